The highest BCUT2D eigenvalue weighted by atomic mass is 16.4. The van der Waals surface area contributed by atoms with Crippen LogP contribution in [0.5, 0.6) is 0 Å². The number of hydrogen-bond acceptors (Lipinski definition) is 4. The summed E-state index contributed by atoms with van der Waals surface area (Å²) in [6.45, 7) is 0. The van der Waals surface area contributed by atoms with Crippen molar-refractivity contribution >= 4 is 5.88 Å². The van der Waals surface area contributed by atoms with E-state index in [9.17, 15) is 0 Å². The van der Waals surface area contributed by atoms with Crippen LogP contribution in [-0.4, -0.2) is 4.98 Å². The van der Waals surface area contributed by atoms with Gasteiger partial charge in [0.25, 0.3) is 0 Å². The smallest absolute Gasteiger partial charge is 0.229 e. The minimum absolute atomic E-state index is 0.102. The molecular formula is C12H11N3O. The van der Waals surface area contributed by atoms with E-state index in [1.807, 2.05) is 36.4 Å². The van der Waals surface area contributed by atoms with Crippen LogP contribution < -0.4 is 5.73 Å². The fraction of sp³-hybridized carbons (Fsp3) is 0.167. The van der Waals surface area contributed by atoms with Crippen molar-refractivity contribution in [3.05, 3.63) is 47.5 Å². The molecule has 1 aromatic heterocycles. The Morgan fingerprint density at radius 2 is 2.00 bits per heavy atom. The first-order valence-corrected chi connectivity index (χ1v) is 4.99. The van der Waals surface area contributed by atoms with E-state index in [0.29, 0.717) is 12.3 Å². The van der Waals surface area contributed by atoms with Gasteiger partial charge in [-0.15, -0.1) is 0 Å². The van der Waals surface area contributed by atoms with Crippen molar-refractivity contribution in [1.29, 1.82) is 5.26 Å². The van der Waals surface area contributed by atoms with Gasteiger partial charge >= 0.3 is 0 Å². The Labute approximate surface area is 93.3 Å². The first-order chi connectivity index (χ1) is 7.79. The minimum Gasteiger partial charge on any atom is -0.424 e. The summed E-state index contributed by atoms with van der Waals surface area (Å²) in [5, 5.41) is 8.66. The SMILES string of the molecule is N#Cc1nc(CCc2ccccc2)oc1N. The lowest BCUT2D eigenvalue weighted by atomic mass is 10.1. The number of hydrogen-bond donors (Lipinski definition) is 1. The Morgan fingerprint density at radius 3 is 2.62 bits per heavy atom. The number of oxazole rings is 1. The molecule has 0 fully saturated rings. The average molecular weight is 213 g/mol. The van der Waals surface area contributed by atoms with Crippen molar-refractivity contribution in [2.45, 2.75) is 12.8 Å². The van der Waals surface area contributed by atoms with Gasteiger partial charge in [0, 0.05) is 6.42 Å². The van der Waals surface area contributed by atoms with Gasteiger partial charge in [0.15, 0.2) is 5.89 Å². The van der Waals surface area contributed by atoms with Crippen molar-refractivity contribution in [3.63, 3.8) is 0 Å². The third-order valence-electron chi connectivity index (χ3n) is 2.27. The van der Waals surface area contributed by atoms with Gasteiger partial charge in [0.05, 0.1) is 0 Å². The summed E-state index contributed by atoms with van der Waals surface area (Å²) < 4.78 is 5.17. The van der Waals surface area contributed by atoms with E-state index in [0.717, 1.165) is 6.42 Å². The quantitative estimate of drug-likeness (QED) is 0.844. The molecule has 0 aliphatic carbocycles. The summed E-state index contributed by atoms with van der Waals surface area (Å²) in [6, 6.07) is 11.9. The number of aromatic nitrogens is 1. The summed E-state index contributed by atoms with van der Waals surface area (Å²) in [6.07, 6.45) is 1.47. The molecule has 2 N–H and O–H groups in total. The molecule has 16 heavy (non-hydrogen) atoms. The molecule has 0 saturated carbocycles. The molecule has 0 saturated heterocycles. The number of nitriles is 1. The third-order valence-corrected chi connectivity index (χ3v) is 2.27. The number of aryl methyl sites for hydroxylation is 2. The van der Waals surface area contributed by atoms with Crippen molar-refractivity contribution in [2.75, 3.05) is 5.73 Å². The third kappa shape index (κ3) is 2.20. The van der Waals surface area contributed by atoms with Gasteiger partial charge in [-0.2, -0.15) is 5.26 Å². The number of nitrogens with two attached hydrogens (primary N) is 1. The highest BCUT2D eigenvalue weighted by molar-refractivity contribution is 5.40. The molecule has 80 valence electrons. The number of anilines is 1. The molecular weight excluding hydrogens is 202 g/mol. The van der Waals surface area contributed by atoms with E-state index < -0.39 is 0 Å². The van der Waals surface area contributed by atoms with Crippen LogP contribution in [0.3, 0.4) is 0 Å². The second-order valence-electron chi connectivity index (χ2n) is 3.42. The highest BCUT2D eigenvalue weighted by Gasteiger charge is 2.09. The Balaban J connectivity index is 2.03. The fourth-order valence-corrected chi connectivity index (χ4v) is 1.46. The Kier molecular flexibility index (Phi) is 2.88. The van der Waals surface area contributed by atoms with Crippen LogP contribution in [0, 0.1) is 11.3 Å². The van der Waals surface area contributed by atoms with Crippen LogP contribution in [0.15, 0.2) is 34.7 Å². The fourth-order valence-electron chi connectivity index (χ4n) is 1.46. The molecule has 2 aromatic rings. The second-order valence-corrected chi connectivity index (χ2v) is 3.42. The number of nitrogen functional groups attached to an aromatic ring is 1. The number of benzene rings is 1. The Hall–Kier alpha value is -2.28. The maximum absolute atomic E-state index is 8.66. The van der Waals surface area contributed by atoms with Crippen molar-refractivity contribution in [3.8, 4) is 6.07 Å². The zero-order chi connectivity index (χ0) is 11.4. The van der Waals surface area contributed by atoms with E-state index in [4.69, 9.17) is 15.4 Å². The zero-order valence-electron chi connectivity index (χ0n) is 8.68. The van der Waals surface area contributed by atoms with E-state index in [-0.39, 0.29) is 11.6 Å². The summed E-state index contributed by atoms with van der Waals surface area (Å²) in [7, 11) is 0. The van der Waals surface area contributed by atoms with Crippen LogP contribution in [0.4, 0.5) is 5.88 Å². The van der Waals surface area contributed by atoms with Crippen LogP contribution in [0.1, 0.15) is 17.1 Å². The van der Waals surface area contributed by atoms with E-state index in [1.54, 1.807) is 0 Å². The van der Waals surface area contributed by atoms with Gasteiger partial charge in [-0.25, -0.2) is 4.98 Å². The molecule has 0 bridgehead atoms. The first kappa shape index (κ1) is 10.2. The summed E-state index contributed by atoms with van der Waals surface area (Å²) in [5.74, 6) is 0.614. The largest absolute Gasteiger partial charge is 0.424 e. The van der Waals surface area contributed by atoms with Crippen LogP contribution >= 0.6 is 0 Å². The maximum Gasteiger partial charge on any atom is 0.229 e. The molecule has 0 unspecified atom stereocenters. The van der Waals surface area contributed by atoms with E-state index >= 15 is 0 Å². The molecule has 4 heteroatoms. The maximum atomic E-state index is 8.66. The molecule has 2 rings (SSSR count). The van der Waals surface area contributed by atoms with Gasteiger partial charge in [-0.05, 0) is 12.0 Å². The first-order valence-electron chi connectivity index (χ1n) is 4.99. The topological polar surface area (TPSA) is 75.8 Å². The molecule has 0 aliphatic heterocycles. The minimum atomic E-state index is 0.102. The average Bonchev–Trinajstić information content (AvgIpc) is 2.69. The normalized spacial score (nSPS) is 9.94. The Morgan fingerprint density at radius 1 is 1.25 bits per heavy atom. The Bertz CT molecular complexity index is 511. The standard InChI is InChI=1S/C12H11N3O/c13-8-10-12(14)16-11(15-10)7-6-9-4-2-1-3-5-9/h1-5H,6-7,14H2. The molecule has 0 atom stereocenters. The van der Waals surface area contributed by atoms with Gasteiger partial charge in [0.1, 0.15) is 6.07 Å². The van der Waals surface area contributed by atoms with E-state index in [2.05, 4.69) is 4.98 Å². The summed E-state index contributed by atoms with van der Waals surface area (Å²) in [4.78, 5) is 3.99. The predicted octanol–water partition coefficient (Wildman–Crippen LogP) is 1.91. The number of nitrogens with zero attached hydrogens (tertiary/aromatic N) is 2. The van der Waals surface area contributed by atoms with Gasteiger partial charge < -0.3 is 10.2 Å². The lowest BCUT2D eigenvalue weighted by molar-refractivity contribution is 0.509. The summed E-state index contributed by atoms with van der Waals surface area (Å²) in [5.41, 5.74) is 6.84. The van der Waals surface area contributed by atoms with Crippen LogP contribution in [-0.2, 0) is 12.8 Å². The zero-order valence-corrected chi connectivity index (χ0v) is 8.68. The lowest BCUT2D eigenvalue weighted by Gasteiger charge is -1.96. The lowest BCUT2D eigenvalue weighted by Crippen LogP contribution is -1.91. The van der Waals surface area contributed by atoms with Gasteiger partial charge in [0.2, 0.25) is 11.6 Å². The molecule has 4 nitrogen and oxygen atoms in total. The van der Waals surface area contributed by atoms with Crippen molar-refractivity contribution in [1.82, 2.24) is 4.98 Å². The van der Waals surface area contributed by atoms with Crippen molar-refractivity contribution in [2.24, 2.45) is 0 Å². The molecule has 0 radical (unpaired) electrons. The highest BCUT2D eigenvalue weighted by Crippen LogP contribution is 2.14. The van der Waals surface area contributed by atoms with Crippen LogP contribution in [0.25, 0.3) is 0 Å². The number of rotatable bonds is 3. The second kappa shape index (κ2) is 4.49. The van der Waals surface area contributed by atoms with Crippen LogP contribution in [0.2, 0.25) is 0 Å². The van der Waals surface area contributed by atoms with Gasteiger partial charge in [-0.1, -0.05) is 30.3 Å². The molecule has 1 aromatic carbocycles. The summed E-state index contributed by atoms with van der Waals surface area (Å²) >= 11 is 0. The van der Waals surface area contributed by atoms with E-state index in [1.165, 1.54) is 5.56 Å². The molecule has 0 spiro atoms. The molecule has 0 aliphatic rings. The predicted molar refractivity (Wildman–Crippen MR) is 59.5 cm³/mol. The van der Waals surface area contributed by atoms with Gasteiger partial charge in [-0.3, -0.25) is 0 Å². The molecule has 1 heterocycles. The van der Waals surface area contributed by atoms with Crippen molar-refractivity contribution < 1.29 is 4.42 Å². The molecule has 0 amide bonds. The monoisotopic (exact) mass is 213 g/mol.